The van der Waals surface area contributed by atoms with Crippen molar-refractivity contribution in [3.8, 4) is 5.69 Å². The Morgan fingerprint density at radius 3 is 2.33 bits per heavy atom. The standard InChI is InChI=1S/C18H20F3N3O2S/c1-11-8-23(9-12(2)26-11)16(25)22-17-24(10-13(3)27-17)15-6-4-14(5-7-15)18(19,20)21/h4-7,10-12H,8-9H2,1-3H3/b22-17-. The van der Waals surface area contributed by atoms with Gasteiger partial charge in [-0.05, 0) is 45.0 Å². The quantitative estimate of drug-likeness (QED) is 0.728. The van der Waals surface area contributed by atoms with Gasteiger partial charge in [-0.25, -0.2) is 4.79 Å². The van der Waals surface area contributed by atoms with E-state index >= 15 is 0 Å². The Bertz CT molecular complexity index is 876. The highest BCUT2D eigenvalue weighted by atomic mass is 32.1. The van der Waals surface area contributed by atoms with Crippen LogP contribution >= 0.6 is 11.3 Å². The van der Waals surface area contributed by atoms with Crippen LogP contribution < -0.4 is 4.80 Å². The number of alkyl halides is 3. The van der Waals surface area contributed by atoms with Crippen LogP contribution in [0, 0.1) is 6.92 Å². The maximum Gasteiger partial charge on any atom is 0.416 e. The number of benzene rings is 1. The summed E-state index contributed by atoms with van der Waals surface area (Å²) >= 11 is 1.31. The van der Waals surface area contributed by atoms with Gasteiger partial charge < -0.3 is 9.64 Å². The number of amides is 2. The highest BCUT2D eigenvalue weighted by Crippen LogP contribution is 2.29. The number of morpholine rings is 1. The van der Waals surface area contributed by atoms with Gasteiger partial charge >= 0.3 is 12.2 Å². The number of hydrogen-bond donors (Lipinski definition) is 0. The molecule has 146 valence electrons. The fourth-order valence-corrected chi connectivity index (χ4v) is 3.84. The second-order valence-corrected chi connectivity index (χ2v) is 7.81. The van der Waals surface area contributed by atoms with E-state index < -0.39 is 11.7 Å². The van der Waals surface area contributed by atoms with Crippen LogP contribution in [0.1, 0.15) is 24.3 Å². The molecular formula is C18H20F3N3O2S. The number of ether oxygens (including phenoxy) is 1. The summed E-state index contributed by atoms with van der Waals surface area (Å²) in [5.41, 5.74) is -0.202. The van der Waals surface area contributed by atoms with E-state index in [1.165, 1.54) is 23.5 Å². The third-order valence-electron chi connectivity index (χ3n) is 4.12. The van der Waals surface area contributed by atoms with Crippen LogP contribution in [0.3, 0.4) is 0 Å². The molecule has 1 aliphatic rings. The molecule has 1 fully saturated rings. The normalized spacial score (nSPS) is 21.6. The summed E-state index contributed by atoms with van der Waals surface area (Å²) in [6.07, 6.45) is -2.77. The van der Waals surface area contributed by atoms with Crippen LogP contribution in [0.2, 0.25) is 0 Å². The zero-order chi connectivity index (χ0) is 19.8. The molecule has 2 heterocycles. The summed E-state index contributed by atoms with van der Waals surface area (Å²) in [7, 11) is 0. The minimum Gasteiger partial charge on any atom is -0.372 e. The zero-order valence-corrected chi connectivity index (χ0v) is 16.0. The first-order chi connectivity index (χ1) is 12.6. The third kappa shape index (κ3) is 4.59. The van der Waals surface area contributed by atoms with Gasteiger partial charge in [0.05, 0.1) is 17.8 Å². The van der Waals surface area contributed by atoms with Gasteiger partial charge in [-0.2, -0.15) is 18.2 Å². The Balaban J connectivity index is 1.92. The van der Waals surface area contributed by atoms with Crippen molar-refractivity contribution in [2.24, 2.45) is 4.99 Å². The topological polar surface area (TPSA) is 46.8 Å². The first-order valence-corrected chi connectivity index (χ1v) is 9.31. The van der Waals surface area contributed by atoms with Crippen molar-refractivity contribution in [2.75, 3.05) is 13.1 Å². The number of carbonyl (C=O) groups is 1. The van der Waals surface area contributed by atoms with Crippen LogP contribution in [0.5, 0.6) is 0 Å². The number of aryl methyl sites for hydroxylation is 1. The molecule has 0 aliphatic carbocycles. The molecule has 0 saturated carbocycles. The van der Waals surface area contributed by atoms with E-state index in [4.69, 9.17) is 4.74 Å². The number of carbonyl (C=O) groups excluding carboxylic acids is 1. The highest BCUT2D eigenvalue weighted by Gasteiger charge is 2.30. The number of halogens is 3. The zero-order valence-electron chi connectivity index (χ0n) is 15.2. The first-order valence-electron chi connectivity index (χ1n) is 8.49. The van der Waals surface area contributed by atoms with Gasteiger partial charge in [0.15, 0.2) is 4.80 Å². The van der Waals surface area contributed by atoms with Crippen molar-refractivity contribution in [3.05, 3.63) is 45.7 Å². The van der Waals surface area contributed by atoms with Gasteiger partial charge in [-0.3, -0.25) is 4.57 Å². The molecule has 0 bridgehead atoms. The largest absolute Gasteiger partial charge is 0.416 e. The number of aromatic nitrogens is 1. The molecule has 0 radical (unpaired) electrons. The minimum absolute atomic E-state index is 0.0694. The van der Waals surface area contributed by atoms with Gasteiger partial charge in [-0.1, -0.05) is 0 Å². The molecule has 2 aromatic rings. The van der Waals surface area contributed by atoms with Crippen molar-refractivity contribution in [1.29, 1.82) is 0 Å². The molecule has 0 spiro atoms. The van der Waals surface area contributed by atoms with Gasteiger partial charge in [0, 0.05) is 29.9 Å². The second-order valence-electron chi connectivity index (χ2n) is 6.60. The Morgan fingerprint density at radius 1 is 1.19 bits per heavy atom. The second kappa shape index (κ2) is 7.47. The number of nitrogens with zero attached hydrogens (tertiary/aromatic N) is 3. The molecule has 2 unspecified atom stereocenters. The summed E-state index contributed by atoms with van der Waals surface area (Å²) in [4.78, 5) is 19.7. The van der Waals surface area contributed by atoms with Crippen LogP contribution in [0.4, 0.5) is 18.0 Å². The Kier molecular flexibility index (Phi) is 5.43. The lowest BCUT2D eigenvalue weighted by molar-refractivity contribution is -0.137. The Hall–Kier alpha value is -2.13. The summed E-state index contributed by atoms with van der Waals surface area (Å²) in [6.45, 7) is 6.56. The fourth-order valence-electron chi connectivity index (χ4n) is 3.02. The maximum absolute atomic E-state index is 12.8. The third-order valence-corrected chi connectivity index (χ3v) is 5.02. The molecule has 27 heavy (non-hydrogen) atoms. The molecule has 1 aliphatic heterocycles. The van der Waals surface area contributed by atoms with Crippen molar-refractivity contribution in [2.45, 2.75) is 39.2 Å². The molecule has 2 atom stereocenters. The maximum atomic E-state index is 12.8. The predicted molar refractivity (Wildman–Crippen MR) is 95.9 cm³/mol. The lowest BCUT2D eigenvalue weighted by Gasteiger charge is -2.33. The van der Waals surface area contributed by atoms with Crippen LogP contribution in [0.25, 0.3) is 5.69 Å². The van der Waals surface area contributed by atoms with E-state index in [1.54, 1.807) is 15.7 Å². The highest BCUT2D eigenvalue weighted by molar-refractivity contribution is 7.09. The number of urea groups is 1. The van der Waals surface area contributed by atoms with Gasteiger partial charge in [0.2, 0.25) is 0 Å². The fraction of sp³-hybridized carbons (Fsp3) is 0.444. The van der Waals surface area contributed by atoms with E-state index in [0.29, 0.717) is 23.6 Å². The van der Waals surface area contributed by atoms with E-state index in [1.807, 2.05) is 20.8 Å². The van der Waals surface area contributed by atoms with Gasteiger partial charge in [-0.15, -0.1) is 11.3 Å². The number of hydrogen-bond acceptors (Lipinski definition) is 3. The van der Waals surface area contributed by atoms with Crippen LogP contribution in [0.15, 0.2) is 35.5 Å². The SMILES string of the molecule is Cc1cn(-c2ccc(C(F)(F)F)cc2)/c(=N/C(=O)N2CC(C)OC(C)C2)s1. The summed E-state index contributed by atoms with van der Waals surface area (Å²) in [5.74, 6) is 0. The smallest absolute Gasteiger partial charge is 0.372 e. The van der Waals surface area contributed by atoms with Crippen molar-refractivity contribution < 1.29 is 22.7 Å². The molecule has 9 heteroatoms. The van der Waals surface area contributed by atoms with Gasteiger partial charge in [0.25, 0.3) is 0 Å². The molecule has 1 saturated heterocycles. The van der Waals surface area contributed by atoms with E-state index in [2.05, 4.69) is 4.99 Å². The lowest BCUT2D eigenvalue weighted by atomic mass is 10.2. The van der Waals surface area contributed by atoms with Crippen LogP contribution in [-0.4, -0.2) is 40.8 Å². The molecule has 0 N–H and O–H groups in total. The van der Waals surface area contributed by atoms with Crippen LogP contribution in [-0.2, 0) is 10.9 Å². The molecule has 1 aromatic heterocycles. The van der Waals surface area contributed by atoms with Crippen molar-refractivity contribution in [3.63, 3.8) is 0 Å². The monoisotopic (exact) mass is 399 g/mol. The number of rotatable bonds is 1. The Morgan fingerprint density at radius 2 is 1.78 bits per heavy atom. The van der Waals surface area contributed by atoms with Gasteiger partial charge in [0.1, 0.15) is 0 Å². The first kappa shape index (κ1) is 19.6. The predicted octanol–water partition coefficient (Wildman–Crippen LogP) is 4.00. The summed E-state index contributed by atoms with van der Waals surface area (Å²) in [6, 6.07) is 4.41. The molecule has 2 amide bonds. The minimum atomic E-state index is -4.39. The molecule has 5 nitrogen and oxygen atoms in total. The average Bonchev–Trinajstić information content (AvgIpc) is 2.93. The van der Waals surface area contributed by atoms with E-state index in [-0.39, 0.29) is 18.2 Å². The van der Waals surface area contributed by atoms with Crippen molar-refractivity contribution in [1.82, 2.24) is 9.47 Å². The molecule has 3 rings (SSSR count). The summed E-state index contributed by atoms with van der Waals surface area (Å²) < 4.78 is 45.5. The van der Waals surface area contributed by atoms with E-state index in [0.717, 1.165) is 17.0 Å². The number of thiazole rings is 1. The molecular weight excluding hydrogens is 379 g/mol. The Labute approximate surface area is 158 Å². The van der Waals surface area contributed by atoms with E-state index in [9.17, 15) is 18.0 Å². The lowest BCUT2D eigenvalue weighted by Crippen LogP contribution is -2.47. The molecule has 1 aromatic carbocycles. The average molecular weight is 399 g/mol. The van der Waals surface area contributed by atoms with Crippen molar-refractivity contribution >= 4 is 17.4 Å². The summed E-state index contributed by atoms with van der Waals surface area (Å²) in [5, 5.41) is 0.